The Morgan fingerprint density at radius 2 is 1.92 bits per heavy atom. The Kier molecular flexibility index (Phi) is 4.48. The summed E-state index contributed by atoms with van der Waals surface area (Å²) in [5.41, 5.74) is 1.91. The van der Waals surface area contributed by atoms with Crippen molar-refractivity contribution in [1.82, 2.24) is 0 Å². The Morgan fingerprint density at radius 3 is 2.67 bits per heavy atom. The molecule has 3 aromatic rings. The van der Waals surface area contributed by atoms with Crippen LogP contribution < -0.4 is 0 Å². The molecule has 6 heteroatoms. The van der Waals surface area contributed by atoms with Crippen LogP contribution in [0.25, 0.3) is 11.3 Å². The first-order valence-corrected chi connectivity index (χ1v) is 7.85. The first-order valence-electron chi connectivity index (χ1n) is 7.09. The minimum absolute atomic E-state index is 0.270. The third-order valence-corrected chi connectivity index (χ3v) is 4.45. The average molecular weight is 359 g/mol. The summed E-state index contributed by atoms with van der Waals surface area (Å²) in [5, 5.41) is 10.1. The molecule has 0 unspecified atom stereocenters. The van der Waals surface area contributed by atoms with E-state index in [-0.39, 0.29) is 5.88 Å². The van der Waals surface area contributed by atoms with Gasteiger partial charge in [-0.2, -0.15) is 5.26 Å². The average Bonchev–Trinajstić information content (AvgIpc) is 3.13. The fourth-order valence-electron chi connectivity index (χ4n) is 2.21. The van der Waals surface area contributed by atoms with Crippen LogP contribution >= 0.6 is 23.2 Å². The van der Waals surface area contributed by atoms with Crippen molar-refractivity contribution in [2.75, 3.05) is 0 Å². The van der Waals surface area contributed by atoms with Crippen LogP contribution in [0, 0.1) is 25.2 Å². The number of rotatable bonds is 3. The van der Waals surface area contributed by atoms with E-state index < -0.39 is 0 Å². The molecule has 0 spiro atoms. The molecule has 0 amide bonds. The van der Waals surface area contributed by atoms with Gasteiger partial charge in [0.05, 0.1) is 16.3 Å². The minimum atomic E-state index is 0.270. The Bertz CT molecular complexity index is 978. The summed E-state index contributed by atoms with van der Waals surface area (Å²) < 4.78 is 11.2. The molecule has 0 bridgehead atoms. The Morgan fingerprint density at radius 1 is 1.12 bits per heavy atom. The van der Waals surface area contributed by atoms with E-state index in [9.17, 15) is 5.26 Å². The molecular formula is C18H12Cl2N2O2. The van der Waals surface area contributed by atoms with E-state index in [1.807, 2.05) is 13.0 Å². The van der Waals surface area contributed by atoms with Crippen LogP contribution in [0.2, 0.25) is 10.0 Å². The largest absolute Gasteiger partial charge is 0.455 e. The van der Waals surface area contributed by atoms with E-state index in [0.29, 0.717) is 38.5 Å². The van der Waals surface area contributed by atoms with Crippen LogP contribution in [0.5, 0.6) is 0 Å². The number of aryl methyl sites for hydroxylation is 1. The number of halogens is 2. The van der Waals surface area contributed by atoms with Gasteiger partial charge in [-0.15, -0.1) is 0 Å². The summed E-state index contributed by atoms with van der Waals surface area (Å²) in [6, 6.07) is 11.0. The lowest BCUT2D eigenvalue weighted by atomic mass is 10.2. The summed E-state index contributed by atoms with van der Waals surface area (Å²) in [5.74, 6) is 2.03. The number of hydrogen-bond donors (Lipinski definition) is 0. The highest BCUT2D eigenvalue weighted by molar-refractivity contribution is 6.43. The van der Waals surface area contributed by atoms with E-state index in [1.165, 1.54) is 6.21 Å². The zero-order valence-corrected chi connectivity index (χ0v) is 14.4. The topological polar surface area (TPSA) is 62.4 Å². The Hall–Kier alpha value is -2.48. The smallest absolute Gasteiger partial charge is 0.237 e. The highest BCUT2D eigenvalue weighted by Gasteiger charge is 2.14. The molecule has 0 N–H and O–H groups in total. The normalized spacial score (nSPS) is 11.1. The zero-order chi connectivity index (χ0) is 17.3. The van der Waals surface area contributed by atoms with E-state index in [4.69, 9.17) is 32.0 Å². The second kappa shape index (κ2) is 6.56. The van der Waals surface area contributed by atoms with Crippen LogP contribution in [0.15, 0.2) is 44.2 Å². The fourth-order valence-corrected chi connectivity index (χ4v) is 2.61. The van der Waals surface area contributed by atoms with Gasteiger partial charge in [-0.1, -0.05) is 29.3 Å². The standard InChI is InChI=1S/C18H12Cl2N2O2/c1-10-11(2)23-18(14(10)8-21)22-9-12-6-7-16(24-12)13-4-3-5-15(19)17(13)20/h3-7,9H,1-2H3. The van der Waals surface area contributed by atoms with Gasteiger partial charge < -0.3 is 8.83 Å². The van der Waals surface area contributed by atoms with Crippen molar-refractivity contribution >= 4 is 35.3 Å². The quantitative estimate of drug-likeness (QED) is 0.532. The van der Waals surface area contributed by atoms with Gasteiger partial charge in [0.1, 0.15) is 28.9 Å². The maximum absolute atomic E-state index is 9.18. The molecule has 0 aliphatic carbocycles. The second-order valence-corrected chi connectivity index (χ2v) is 5.92. The van der Waals surface area contributed by atoms with Crippen LogP contribution in [-0.4, -0.2) is 6.21 Å². The van der Waals surface area contributed by atoms with Gasteiger partial charge >= 0.3 is 0 Å². The van der Waals surface area contributed by atoms with Gasteiger partial charge in [0.2, 0.25) is 5.88 Å². The van der Waals surface area contributed by atoms with Crippen molar-refractivity contribution in [1.29, 1.82) is 5.26 Å². The lowest BCUT2D eigenvalue weighted by molar-refractivity contribution is 0.540. The molecule has 0 aliphatic rings. The predicted molar refractivity (Wildman–Crippen MR) is 94.3 cm³/mol. The lowest BCUT2D eigenvalue weighted by Gasteiger charge is -2.01. The van der Waals surface area contributed by atoms with E-state index in [1.54, 1.807) is 31.2 Å². The van der Waals surface area contributed by atoms with Crippen molar-refractivity contribution in [3.8, 4) is 17.4 Å². The van der Waals surface area contributed by atoms with E-state index in [0.717, 1.165) is 5.56 Å². The minimum Gasteiger partial charge on any atom is -0.455 e. The van der Waals surface area contributed by atoms with Gasteiger partial charge in [-0.05, 0) is 38.1 Å². The van der Waals surface area contributed by atoms with Crippen LogP contribution in [0.3, 0.4) is 0 Å². The number of hydrogen-bond acceptors (Lipinski definition) is 4. The molecule has 0 saturated heterocycles. The van der Waals surface area contributed by atoms with Gasteiger partial charge in [0, 0.05) is 11.1 Å². The van der Waals surface area contributed by atoms with Gasteiger partial charge in [0.25, 0.3) is 0 Å². The van der Waals surface area contributed by atoms with Crippen molar-refractivity contribution < 1.29 is 8.83 Å². The van der Waals surface area contributed by atoms with Crippen molar-refractivity contribution in [2.24, 2.45) is 4.99 Å². The Balaban J connectivity index is 1.91. The highest BCUT2D eigenvalue weighted by atomic mass is 35.5. The first-order chi connectivity index (χ1) is 11.5. The number of furan rings is 2. The summed E-state index contributed by atoms with van der Waals surface area (Å²) in [6.07, 6.45) is 1.50. The fraction of sp³-hybridized carbons (Fsp3) is 0.111. The third-order valence-electron chi connectivity index (χ3n) is 3.63. The van der Waals surface area contributed by atoms with Gasteiger partial charge in [0.15, 0.2) is 0 Å². The molecule has 0 radical (unpaired) electrons. The maximum atomic E-state index is 9.18. The van der Waals surface area contributed by atoms with E-state index >= 15 is 0 Å². The van der Waals surface area contributed by atoms with Crippen LogP contribution in [0.4, 0.5) is 5.88 Å². The molecule has 2 aromatic heterocycles. The summed E-state index contributed by atoms with van der Waals surface area (Å²) in [6.45, 7) is 3.61. The molecule has 120 valence electrons. The number of nitriles is 1. The van der Waals surface area contributed by atoms with Crippen molar-refractivity contribution in [2.45, 2.75) is 13.8 Å². The molecule has 4 nitrogen and oxygen atoms in total. The lowest BCUT2D eigenvalue weighted by Crippen LogP contribution is -1.78. The molecule has 0 aliphatic heterocycles. The van der Waals surface area contributed by atoms with E-state index in [2.05, 4.69) is 11.1 Å². The van der Waals surface area contributed by atoms with Crippen molar-refractivity contribution in [3.05, 3.63) is 63.0 Å². The SMILES string of the molecule is Cc1oc(N=Cc2ccc(-c3cccc(Cl)c3Cl)o2)c(C#N)c1C. The molecule has 3 rings (SSSR count). The first kappa shape index (κ1) is 16.4. The molecule has 0 fully saturated rings. The molecular weight excluding hydrogens is 347 g/mol. The maximum Gasteiger partial charge on any atom is 0.237 e. The number of nitrogens with zero attached hydrogens (tertiary/aromatic N) is 2. The van der Waals surface area contributed by atoms with Gasteiger partial charge in [-0.25, -0.2) is 4.99 Å². The van der Waals surface area contributed by atoms with Crippen molar-refractivity contribution in [3.63, 3.8) is 0 Å². The monoisotopic (exact) mass is 358 g/mol. The van der Waals surface area contributed by atoms with Crippen LogP contribution in [0.1, 0.15) is 22.6 Å². The summed E-state index contributed by atoms with van der Waals surface area (Å²) in [7, 11) is 0. The molecule has 24 heavy (non-hydrogen) atoms. The van der Waals surface area contributed by atoms with Crippen LogP contribution in [-0.2, 0) is 0 Å². The molecule has 0 saturated carbocycles. The number of benzene rings is 1. The molecule has 0 atom stereocenters. The molecule has 1 aromatic carbocycles. The zero-order valence-electron chi connectivity index (χ0n) is 12.9. The second-order valence-electron chi connectivity index (χ2n) is 5.14. The number of aliphatic imine (C=N–C) groups is 1. The highest BCUT2D eigenvalue weighted by Crippen LogP contribution is 2.34. The third kappa shape index (κ3) is 2.96. The molecule has 2 heterocycles. The van der Waals surface area contributed by atoms with Gasteiger partial charge in [-0.3, -0.25) is 0 Å². The predicted octanol–water partition coefficient (Wildman–Crippen LogP) is 6.09. The summed E-state index contributed by atoms with van der Waals surface area (Å²) in [4.78, 5) is 4.21. The summed E-state index contributed by atoms with van der Waals surface area (Å²) >= 11 is 12.2. The Labute approximate surface area is 148 Å².